The van der Waals surface area contributed by atoms with Crippen LogP contribution in [0.2, 0.25) is 0 Å². The lowest BCUT2D eigenvalue weighted by Crippen LogP contribution is -2.66. The minimum absolute atomic E-state index is 0.0769. The Balaban J connectivity index is 6.72. The molecule has 0 bridgehead atoms. The van der Waals surface area contributed by atoms with Crippen molar-refractivity contribution in [3.05, 3.63) is 0 Å². The molecule has 0 rings (SSSR count). The fourth-order valence-corrected chi connectivity index (χ4v) is 5.39. The zero-order chi connectivity index (χ0) is 23.6. The van der Waals surface area contributed by atoms with Crippen LogP contribution < -0.4 is 0 Å². The van der Waals surface area contributed by atoms with Crippen molar-refractivity contribution in [1.82, 2.24) is 4.90 Å². The third kappa shape index (κ3) is 3.40. The summed E-state index contributed by atoms with van der Waals surface area (Å²) >= 11 is 0. The van der Waals surface area contributed by atoms with Crippen LogP contribution in [-0.2, 0) is 0 Å². The van der Waals surface area contributed by atoms with Gasteiger partial charge in [-0.05, 0) is 65.8 Å². The minimum atomic E-state index is 0.0769. The molecule has 0 amide bonds. The summed E-state index contributed by atoms with van der Waals surface area (Å²) in [7, 11) is 4.45. The maximum absolute atomic E-state index is 2.53. The molecule has 0 heterocycles. The van der Waals surface area contributed by atoms with Gasteiger partial charge in [-0.15, -0.1) is 0 Å². The molecule has 0 aliphatic rings. The molecular formula is C27H57N. The van der Waals surface area contributed by atoms with E-state index < -0.39 is 0 Å². The summed E-state index contributed by atoms with van der Waals surface area (Å²) in [5.74, 6) is 0. The first-order chi connectivity index (χ1) is 11.7. The molecule has 0 N–H and O–H groups in total. The van der Waals surface area contributed by atoms with E-state index in [-0.39, 0.29) is 43.4 Å². The van der Waals surface area contributed by atoms with E-state index in [0.717, 1.165) is 0 Å². The summed E-state index contributed by atoms with van der Waals surface area (Å²) < 4.78 is 0. The van der Waals surface area contributed by atoms with Crippen LogP contribution in [0.4, 0.5) is 0 Å². The molecule has 0 atom stereocenters. The third-order valence-corrected chi connectivity index (χ3v) is 12.3. The molecule has 0 saturated carbocycles. The van der Waals surface area contributed by atoms with Crippen LogP contribution in [-0.4, -0.2) is 24.5 Å². The Labute approximate surface area is 180 Å². The number of rotatable bonds is 7. The zero-order valence-corrected chi connectivity index (χ0v) is 23.4. The Morgan fingerprint density at radius 2 is 0.536 bits per heavy atom. The van der Waals surface area contributed by atoms with Gasteiger partial charge in [0.05, 0.1) is 0 Å². The second-order valence-electron chi connectivity index (χ2n) is 14.5. The van der Waals surface area contributed by atoms with E-state index in [9.17, 15) is 0 Å². The second kappa shape index (κ2) is 7.00. The van der Waals surface area contributed by atoms with Crippen LogP contribution in [0, 0.1) is 37.9 Å². The molecule has 1 nitrogen and oxygen atoms in total. The summed E-state index contributed by atoms with van der Waals surface area (Å²) in [6.07, 6.45) is 0. The summed E-state index contributed by atoms with van der Waals surface area (Å²) in [5, 5.41) is 0. The van der Waals surface area contributed by atoms with Crippen molar-refractivity contribution in [3.8, 4) is 0 Å². The quantitative estimate of drug-likeness (QED) is 0.417. The van der Waals surface area contributed by atoms with Crippen LogP contribution >= 0.6 is 0 Å². The number of nitrogens with zero attached hydrogens (tertiary/aromatic N) is 1. The molecule has 1 heteroatoms. The van der Waals surface area contributed by atoms with E-state index in [1.807, 2.05) is 0 Å². The Morgan fingerprint density at radius 1 is 0.321 bits per heavy atom. The molecule has 0 radical (unpaired) electrons. The number of hydrogen-bond acceptors (Lipinski definition) is 1. The maximum atomic E-state index is 2.53. The van der Waals surface area contributed by atoms with Gasteiger partial charge in [0.25, 0.3) is 0 Å². The molecule has 28 heavy (non-hydrogen) atoms. The third-order valence-electron chi connectivity index (χ3n) is 12.3. The van der Waals surface area contributed by atoms with Crippen molar-refractivity contribution < 1.29 is 0 Å². The smallest absolute Gasteiger partial charge is 0.0203 e. The van der Waals surface area contributed by atoms with Crippen molar-refractivity contribution in [2.45, 2.75) is 123 Å². The molecule has 0 aromatic rings. The molecule has 0 aromatic heterocycles. The standard InChI is InChI=1S/C27H57N/c1-20(2,3)21(4,5)22(6,7)23(8,9)24(10,11)25(12,13)26(14,15)27(16,17)28(18)19/h1-19H3. The SMILES string of the molecule is CN(C)C(C)(C)C(C)(C)C(C)(C)C(C)(C)C(C)(C)C(C)(C)C(C)(C)C(C)(C)C. The van der Waals surface area contributed by atoms with E-state index >= 15 is 0 Å². The molecular weight excluding hydrogens is 338 g/mol. The van der Waals surface area contributed by atoms with Crippen molar-refractivity contribution in [2.24, 2.45) is 37.9 Å². The van der Waals surface area contributed by atoms with E-state index in [1.54, 1.807) is 0 Å². The fourth-order valence-electron chi connectivity index (χ4n) is 5.39. The predicted molar refractivity (Wildman–Crippen MR) is 130 cm³/mol. The van der Waals surface area contributed by atoms with Gasteiger partial charge in [-0.25, -0.2) is 0 Å². The van der Waals surface area contributed by atoms with Gasteiger partial charge in [-0.1, -0.05) is 104 Å². The lowest BCUT2D eigenvalue weighted by Gasteiger charge is -2.69. The highest BCUT2D eigenvalue weighted by molar-refractivity contribution is 5.14. The normalized spacial score (nSPS) is 16.7. The highest BCUT2D eigenvalue weighted by Crippen LogP contribution is 2.70. The summed E-state index contributed by atoms with van der Waals surface area (Å²) in [6, 6.07) is 0. The van der Waals surface area contributed by atoms with Crippen LogP contribution in [0.3, 0.4) is 0 Å². The molecule has 0 aliphatic carbocycles. The zero-order valence-electron chi connectivity index (χ0n) is 23.4. The van der Waals surface area contributed by atoms with Gasteiger partial charge in [0.15, 0.2) is 0 Å². The van der Waals surface area contributed by atoms with Crippen molar-refractivity contribution >= 4 is 0 Å². The Bertz CT molecular complexity index is 545. The monoisotopic (exact) mass is 395 g/mol. The summed E-state index contributed by atoms with van der Waals surface area (Å²) in [4.78, 5) is 2.40. The van der Waals surface area contributed by atoms with Crippen LogP contribution in [0.15, 0.2) is 0 Å². The van der Waals surface area contributed by atoms with E-state index in [2.05, 4.69) is 137 Å². The van der Waals surface area contributed by atoms with Crippen molar-refractivity contribution in [3.63, 3.8) is 0 Å². The molecule has 0 fully saturated rings. The average Bonchev–Trinajstić information content (AvgIpc) is 2.44. The first-order valence-electron chi connectivity index (χ1n) is 11.4. The lowest BCUT2D eigenvalue weighted by molar-refractivity contribution is -0.209. The van der Waals surface area contributed by atoms with Gasteiger partial charge in [-0.2, -0.15) is 0 Å². The molecule has 0 aromatic carbocycles. The summed E-state index contributed by atoms with van der Waals surface area (Å²) in [6.45, 7) is 42.1. The number of hydrogen-bond donors (Lipinski definition) is 0. The predicted octanol–water partition coefficient (Wildman–Crippen LogP) is 8.53. The van der Waals surface area contributed by atoms with E-state index in [1.165, 1.54) is 0 Å². The van der Waals surface area contributed by atoms with E-state index in [4.69, 9.17) is 0 Å². The molecule has 170 valence electrons. The first kappa shape index (κ1) is 28.0. The van der Waals surface area contributed by atoms with Gasteiger partial charge in [0, 0.05) is 5.54 Å². The van der Waals surface area contributed by atoms with Crippen LogP contribution in [0.25, 0.3) is 0 Å². The summed E-state index contributed by atoms with van der Waals surface area (Å²) in [5.41, 5.74) is 1.03. The highest BCUT2D eigenvalue weighted by atomic mass is 15.1. The average molecular weight is 396 g/mol. The Hall–Kier alpha value is -0.0400. The van der Waals surface area contributed by atoms with Crippen molar-refractivity contribution in [2.75, 3.05) is 14.1 Å². The topological polar surface area (TPSA) is 3.24 Å². The molecule has 0 aliphatic heterocycles. The van der Waals surface area contributed by atoms with Crippen LogP contribution in [0.5, 0.6) is 0 Å². The molecule has 0 saturated heterocycles. The molecule has 0 unspecified atom stereocenters. The fraction of sp³-hybridized carbons (Fsp3) is 1.00. The van der Waals surface area contributed by atoms with Gasteiger partial charge >= 0.3 is 0 Å². The van der Waals surface area contributed by atoms with Gasteiger partial charge in [-0.3, -0.25) is 0 Å². The van der Waals surface area contributed by atoms with Gasteiger partial charge in [0.2, 0.25) is 0 Å². The maximum Gasteiger partial charge on any atom is 0.0203 e. The largest absolute Gasteiger partial charge is 0.304 e. The lowest BCUT2D eigenvalue weighted by atomic mass is 9.36. The highest BCUT2D eigenvalue weighted by Gasteiger charge is 2.65. The van der Waals surface area contributed by atoms with E-state index in [0.29, 0.717) is 0 Å². The van der Waals surface area contributed by atoms with Crippen molar-refractivity contribution in [1.29, 1.82) is 0 Å². The Kier molecular flexibility index (Phi) is 6.99. The minimum Gasteiger partial charge on any atom is -0.304 e. The second-order valence-corrected chi connectivity index (χ2v) is 14.5. The first-order valence-corrected chi connectivity index (χ1v) is 11.4. The molecule has 0 spiro atoms. The van der Waals surface area contributed by atoms with Gasteiger partial charge in [0.1, 0.15) is 0 Å². The van der Waals surface area contributed by atoms with Crippen LogP contribution in [0.1, 0.15) is 118 Å². The Morgan fingerprint density at radius 3 is 0.750 bits per heavy atom. The van der Waals surface area contributed by atoms with Gasteiger partial charge < -0.3 is 4.90 Å².